The Balaban J connectivity index is 1.76. The van der Waals surface area contributed by atoms with Gasteiger partial charge in [0.15, 0.2) is 0 Å². The zero-order chi connectivity index (χ0) is 13.4. The number of rotatable bonds is 2. The lowest BCUT2D eigenvalue weighted by Gasteiger charge is -2.25. The van der Waals surface area contributed by atoms with Crippen molar-refractivity contribution in [1.29, 1.82) is 0 Å². The Hall–Kier alpha value is -1.81. The summed E-state index contributed by atoms with van der Waals surface area (Å²) in [6.07, 6.45) is 7.23. The van der Waals surface area contributed by atoms with Gasteiger partial charge in [0.25, 0.3) is 0 Å². The Morgan fingerprint density at radius 3 is 3.05 bits per heavy atom. The average Bonchev–Trinajstić information content (AvgIpc) is 3.16. The zero-order valence-corrected chi connectivity index (χ0v) is 11.5. The first-order valence-electron chi connectivity index (χ1n) is 7.39. The Bertz CT molecular complexity index is 614. The zero-order valence-electron chi connectivity index (χ0n) is 11.5. The van der Waals surface area contributed by atoms with E-state index in [4.69, 9.17) is 4.74 Å². The van der Waals surface area contributed by atoms with Gasteiger partial charge in [-0.1, -0.05) is 18.2 Å². The molecule has 1 N–H and O–H groups in total. The maximum Gasteiger partial charge on any atom is 0.0953 e. The molecule has 104 valence electrons. The summed E-state index contributed by atoms with van der Waals surface area (Å²) < 4.78 is 7.80. The van der Waals surface area contributed by atoms with E-state index in [1.165, 1.54) is 22.5 Å². The van der Waals surface area contributed by atoms with Crippen molar-refractivity contribution in [3.8, 4) is 11.3 Å². The monoisotopic (exact) mass is 269 g/mol. The summed E-state index contributed by atoms with van der Waals surface area (Å²) in [6, 6.07) is 7.08. The van der Waals surface area contributed by atoms with Gasteiger partial charge in [-0.2, -0.15) is 0 Å². The number of benzene rings is 1. The third-order valence-electron chi connectivity index (χ3n) is 4.37. The molecule has 0 saturated carbocycles. The van der Waals surface area contributed by atoms with Crippen LogP contribution in [-0.2, 0) is 11.2 Å². The largest absolute Gasteiger partial charge is 0.384 e. The molecule has 2 aromatic rings. The molecule has 0 spiro atoms. The third kappa shape index (κ3) is 1.91. The van der Waals surface area contributed by atoms with Crippen LogP contribution in [0.25, 0.3) is 11.3 Å². The highest BCUT2D eigenvalue weighted by Crippen LogP contribution is 2.36. The Labute approximate surface area is 118 Å². The van der Waals surface area contributed by atoms with Crippen molar-refractivity contribution >= 4 is 5.69 Å². The van der Waals surface area contributed by atoms with Crippen LogP contribution < -0.4 is 5.32 Å². The summed E-state index contributed by atoms with van der Waals surface area (Å²) in [4.78, 5) is 4.39. The van der Waals surface area contributed by atoms with Gasteiger partial charge in [0.2, 0.25) is 0 Å². The standard InChI is InChI=1S/C16H19N3O/c1-2-12-4-7-18-16(12)14(3-1)15-10-17-11-19(15)13-5-8-20-9-6-13/h1-3,10-11,13,18H,4-9H2. The van der Waals surface area contributed by atoms with E-state index in [0.29, 0.717) is 6.04 Å². The molecule has 2 aliphatic rings. The van der Waals surface area contributed by atoms with Crippen molar-refractivity contribution in [2.75, 3.05) is 25.1 Å². The number of fused-ring (bicyclic) bond motifs is 1. The van der Waals surface area contributed by atoms with E-state index in [2.05, 4.69) is 33.1 Å². The van der Waals surface area contributed by atoms with Crippen LogP contribution in [0.3, 0.4) is 0 Å². The second kappa shape index (κ2) is 4.94. The van der Waals surface area contributed by atoms with Crippen LogP contribution in [-0.4, -0.2) is 29.3 Å². The Morgan fingerprint density at radius 1 is 1.25 bits per heavy atom. The molecule has 0 aliphatic carbocycles. The van der Waals surface area contributed by atoms with Crippen LogP contribution in [0.1, 0.15) is 24.4 Å². The van der Waals surface area contributed by atoms with E-state index < -0.39 is 0 Å². The van der Waals surface area contributed by atoms with E-state index in [1.807, 2.05) is 12.5 Å². The highest BCUT2D eigenvalue weighted by Gasteiger charge is 2.21. The summed E-state index contributed by atoms with van der Waals surface area (Å²) in [6.45, 7) is 2.75. The van der Waals surface area contributed by atoms with Gasteiger partial charge < -0.3 is 14.6 Å². The van der Waals surface area contributed by atoms with E-state index in [0.717, 1.165) is 39.0 Å². The molecule has 2 aliphatic heterocycles. The lowest BCUT2D eigenvalue weighted by atomic mass is 10.0. The van der Waals surface area contributed by atoms with Crippen LogP contribution >= 0.6 is 0 Å². The molecule has 4 nitrogen and oxygen atoms in total. The Morgan fingerprint density at radius 2 is 2.15 bits per heavy atom. The molecule has 1 saturated heterocycles. The van der Waals surface area contributed by atoms with Gasteiger partial charge >= 0.3 is 0 Å². The molecule has 0 radical (unpaired) electrons. The molecule has 0 atom stereocenters. The first kappa shape index (κ1) is 12.0. The van der Waals surface area contributed by atoms with Gasteiger partial charge in [-0.3, -0.25) is 0 Å². The van der Waals surface area contributed by atoms with E-state index >= 15 is 0 Å². The highest BCUT2D eigenvalue weighted by atomic mass is 16.5. The van der Waals surface area contributed by atoms with Crippen LogP contribution in [0.4, 0.5) is 5.69 Å². The number of hydrogen-bond acceptors (Lipinski definition) is 3. The van der Waals surface area contributed by atoms with Crippen LogP contribution in [0.15, 0.2) is 30.7 Å². The van der Waals surface area contributed by atoms with Gasteiger partial charge in [-0.15, -0.1) is 0 Å². The minimum Gasteiger partial charge on any atom is -0.384 e. The fourth-order valence-corrected chi connectivity index (χ4v) is 3.32. The number of ether oxygens (including phenoxy) is 1. The van der Waals surface area contributed by atoms with Crippen LogP contribution in [0.2, 0.25) is 0 Å². The molecule has 1 aromatic heterocycles. The quantitative estimate of drug-likeness (QED) is 0.911. The fourth-order valence-electron chi connectivity index (χ4n) is 3.32. The topological polar surface area (TPSA) is 39.1 Å². The van der Waals surface area contributed by atoms with Crippen molar-refractivity contribution in [2.24, 2.45) is 0 Å². The minimum atomic E-state index is 0.513. The predicted molar refractivity (Wildman–Crippen MR) is 78.9 cm³/mol. The molecule has 1 fully saturated rings. The second-order valence-electron chi connectivity index (χ2n) is 5.55. The highest BCUT2D eigenvalue weighted by molar-refractivity contribution is 5.79. The predicted octanol–water partition coefficient (Wildman–Crippen LogP) is 2.87. The molecule has 3 heterocycles. The fraction of sp³-hybridized carbons (Fsp3) is 0.438. The number of hydrogen-bond donors (Lipinski definition) is 1. The maximum atomic E-state index is 5.47. The summed E-state index contributed by atoms with van der Waals surface area (Å²) in [5.41, 5.74) is 5.22. The minimum absolute atomic E-state index is 0.513. The summed E-state index contributed by atoms with van der Waals surface area (Å²) >= 11 is 0. The maximum absolute atomic E-state index is 5.47. The van der Waals surface area contributed by atoms with Crippen molar-refractivity contribution in [1.82, 2.24) is 9.55 Å². The number of nitrogens with one attached hydrogen (secondary N) is 1. The molecule has 0 amide bonds. The molecule has 0 bridgehead atoms. The van der Waals surface area contributed by atoms with Crippen molar-refractivity contribution in [2.45, 2.75) is 25.3 Å². The Kier molecular flexibility index (Phi) is 2.96. The van der Waals surface area contributed by atoms with Gasteiger partial charge in [0, 0.05) is 37.1 Å². The van der Waals surface area contributed by atoms with E-state index in [9.17, 15) is 0 Å². The first-order chi connectivity index (χ1) is 9.93. The average molecular weight is 269 g/mol. The van der Waals surface area contributed by atoms with Gasteiger partial charge in [0.1, 0.15) is 0 Å². The van der Waals surface area contributed by atoms with Gasteiger partial charge in [-0.05, 0) is 24.8 Å². The molecular formula is C16H19N3O. The van der Waals surface area contributed by atoms with E-state index in [-0.39, 0.29) is 0 Å². The molecule has 20 heavy (non-hydrogen) atoms. The van der Waals surface area contributed by atoms with Gasteiger partial charge in [0.05, 0.1) is 18.2 Å². The summed E-state index contributed by atoms with van der Waals surface area (Å²) in [7, 11) is 0. The molecule has 0 unspecified atom stereocenters. The van der Waals surface area contributed by atoms with Gasteiger partial charge in [-0.25, -0.2) is 4.98 Å². The lowest BCUT2D eigenvalue weighted by molar-refractivity contribution is 0.0699. The SMILES string of the molecule is c1cc2c(c(-c3cncn3C3CCOCC3)c1)NCC2. The molecule has 4 rings (SSSR count). The van der Waals surface area contributed by atoms with Crippen molar-refractivity contribution < 1.29 is 4.74 Å². The molecule has 4 heteroatoms. The smallest absolute Gasteiger partial charge is 0.0953 e. The van der Waals surface area contributed by atoms with Crippen molar-refractivity contribution in [3.63, 3.8) is 0 Å². The number of nitrogens with zero attached hydrogens (tertiary/aromatic N) is 2. The number of anilines is 1. The van der Waals surface area contributed by atoms with Crippen molar-refractivity contribution in [3.05, 3.63) is 36.3 Å². The normalized spacial score (nSPS) is 18.8. The number of aromatic nitrogens is 2. The molecule has 1 aromatic carbocycles. The lowest BCUT2D eigenvalue weighted by Crippen LogP contribution is -2.19. The number of imidazole rings is 1. The first-order valence-corrected chi connectivity index (χ1v) is 7.39. The van der Waals surface area contributed by atoms with Crippen LogP contribution in [0.5, 0.6) is 0 Å². The number of para-hydroxylation sites is 1. The second-order valence-corrected chi connectivity index (χ2v) is 5.55. The molecular weight excluding hydrogens is 250 g/mol. The summed E-state index contributed by atoms with van der Waals surface area (Å²) in [5, 5.41) is 3.52. The summed E-state index contributed by atoms with van der Waals surface area (Å²) in [5.74, 6) is 0. The van der Waals surface area contributed by atoms with Crippen LogP contribution in [0, 0.1) is 0 Å². The van der Waals surface area contributed by atoms with E-state index in [1.54, 1.807) is 0 Å². The third-order valence-corrected chi connectivity index (χ3v) is 4.37.